The molecule has 18 heavy (non-hydrogen) atoms. The van der Waals surface area contributed by atoms with Crippen LogP contribution in [0.3, 0.4) is 0 Å². The van der Waals surface area contributed by atoms with Crippen LogP contribution in [0.25, 0.3) is 0 Å². The zero-order chi connectivity index (χ0) is 13.8. The maximum Gasteiger partial charge on any atom is 0.310 e. The van der Waals surface area contributed by atoms with Crippen molar-refractivity contribution in [3.8, 4) is 0 Å². The van der Waals surface area contributed by atoms with E-state index in [0.29, 0.717) is 12.8 Å². The number of carboxylic acids is 1. The van der Waals surface area contributed by atoms with Gasteiger partial charge in [-0.2, -0.15) is 0 Å². The van der Waals surface area contributed by atoms with Crippen molar-refractivity contribution >= 4 is 11.9 Å². The molecule has 0 heterocycles. The van der Waals surface area contributed by atoms with Crippen molar-refractivity contribution in [3.63, 3.8) is 0 Å². The number of hydrogen-bond acceptors (Lipinski definition) is 3. The molecule has 0 aromatic rings. The minimum Gasteiger partial charge on any atom is -0.481 e. The smallest absolute Gasteiger partial charge is 0.310 e. The van der Waals surface area contributed by atoms with Gasteiger partial charge in [0.2, 0.25) is 0 Å². The van der Waals surface area contributed by atoms with Crippen LogP contribution in [0.4, 0.5) is 0 Å². The molecular weight excluding hydrogens is 232 g/mol. The lowest BCUT2D eigenvalue weighted by molar-refractivity contribution is -0.142. The molecule has 0 aromatic carbocycles. The molecule has 0 radical (unpaired) electrons. The van der Waals surface area contributed by atoms with E-state index in [1.807, 2.05) is 12.2 Å². The van der Waals surface area contributed by atoms with E-state index in [2.05, 4.69) is 11.7 Å². The van der Waals surface area contributed by atoms with Crippen LogP contribution in [0.1, 0.15) is 39.0 Å². The third-order valence-corrected chi connectivity index (χ3v) is 2.49. The molecule has 0 spiro atoms. The van der Waals surface area contributed by atoms with E-state index >= 15 is 0 Å². The molecule has 0 aliphatic rings. The van der Waals surface area contributed by atoms with Crippen molar-refractivity contribution in [1.82, 2.24) is 0 Å². The molecular formula is C14H22O4. The largest absolute Gasteiger partial charge is 0.481 e. The molecule has 1 atom stereocenters. The molecule has 1 N–H and O–H groups in total. The van der Waals surface area contributed by atoms with Gasteiger partial charge in [0.1, 0.15) is 0 Å². The lowest BCUT2D eigenvalue weighted by Crippen LogP contribution is -2.11. The van der Waals surface area contributed by atoms with Crippen LogP contribution < -0.4 is 0 Å². The second-order valence-electron chi connectivity index (χ2n) is 4.01. The number of carbonyl (C=O) groups excluding carboxylic acids is 1. The van der Waals surface area contributed by atoms with Crippen LogP contribution in [0, 0.1) is 5.92 Å². The second kappa shape index (κ2) is 10.6. The van der Waals surface area contributed by atoms with Crippen LogP contribution in [-0.2, 0) is 14.3 Å². The fraction of sp³-hybridized carbons (Fsp3) is 0.571. The van der Waals surface area contributed by atoms with Crippen LogP contribution in [0.15, 0.2) is 24.3 Å². The molecule has 0 bridgehead atoms. The van der Waals surface area contributed by atoms with Crippen molar-refractivity contribution in [2.24, 2.45) is 5.92 Å². The van der Waals surface area contributed by atoms with E-state index in [1.54, 1.807) is 12.2 Å². The van der Waals surface area contributed by atoms with Crippen molar-refractivity contribution in [2.75, 3.05) is 7.11 Å². The second-order valence-corrected chi connectivity index (χ2v) is 4.01. The summed E-state index contributed by atoms with van der Waals surface area (Å²) in [5, 5.41) is 9.01. The summed E-state index contributed by atoms with van der Waals surface area (Å²) in [6.45, 7) is 2.08. The number of carboxylic acid groups (broad SMARTS) is 1. The Morgan fingerprint density at radius 3 is 2.61 bits per heavy atom. The van der Waals surface area contributed by atoms with Gasteiger partial charge < -0.3 is 9.84 Å². The molecule has 4 nitrogen and oxygen atoms in total. The first kappa shape index (κ1) is 16.4. The highest BCUT2D eigenvalue weighted by molar-refractivity contribution is 5.72. The summed E-state index contributed by atoms with van der Waals surface area (Å²) in [6, 6.07) is 0. The summed E-state index contributed by atoms with van der Waals surface area (Å²) in [4.78, 5) is 21.9. The molecule has 0 saturated heterocycles. The lowest BCUT2D eigenvalue weighted by Gasteiger charge is -2.06. The maximum absolute atomic E-state index is 11.0. The molecule has 0 fully saturated rings. The average Bonchev–Trinajstić information content (AvgIpc) is 2.35. The number of unbranched alkanes of at least 4 members (excludes halogenated alkanes) is 1. The van der Waals surface area contributed by atoms with Gasteiger partial charge in [0, 0.05) is 6.42 Å². The van der Waals surface area contributed by atoms with Gasteiger partial charge >= 0.3 is 11.9 Å². The summed E-state index contributed by atoms with van der Waals surface area (Å²) in [5.74, 6) is -1.70. The third kappa shape index (κ3) is 8.56. The molecule has 0 aliphatic heterocycles. The number of esters is 1. The Morgan fingerprint density at radius 1 is 1.33 bits per heavy atom. The number of methoxy groups -OCH3 is 1. The van der Waals surface area contributed by atoms with Gasteiger partial charge in [0.05, 0.1) is 13.0 Å². The Balaban J connectivity index is 4.07. The number of aliphatic carboxylic acids is 1. The minimum atomic E-state index is -0.861. The Hall–Kier alpha value is -1.58. The summed E-state index contributed by atoms with van der Waals surface area (Å²) in [5.41, 5.74) is 0. The fourth-order valence-electron chi connectivity index (χ4n) is 1.41. The summed E-state index contributed by atoms with van der Waals surface area (Å²) in [7, 11) is 1.33. The quantitative estimate of drug-likeness (QED) is 0.507. The number of ether oxygens (including phenoxy) is 1. The van der Waals surface area contributed by atoms with Crippen molar-refractivity contribution in [1.29, 1.82) is 0 Å². The Kier molecular flexibility index (Phi) is 9.64. The van der Waals surface area contributed by atoms with Gasteiger partial charge in [-0.15, -0.1) is 0 Å². The molecule has 0 aromatic heterocycles. The highest BCUT2D eigenvalue weighted by Crippen LogP contribution is 2.11. The van der Waals surface area contributed by atoms with E-state index < -0.39 is 11.9 Å². The normalized spacial score (nSPS) is 13.0. The van der Waals surface area contributed by atoms with Crippen LogP contribution in [0.2, 0.25) is 0 Å². The first-order valence-electron chi connectivity index (χ1n) is 6.24. The van der Waals surface area contributed by atoms with E-state index in [9.17, 15) is 9.59 Å². The molecule has 0 amide bonds. The standard InChI is InChI=1S/C14H22O4/c1-3-4-5-6-7-9-12(14(16)17)10-8-11-13(15)18-2/h5-7,9,12H,3-4,8,10-11H2,1-2H3,(H,16,17)/b6-5+,9-7+/t12-/m0/s1. The van der Waals surface area contributed by atoms with Crippen molar-refractivity contribution < 1.29 is 19.4 Å². The van der Waals surface area contributed by atoms with E-state index in [0.717, 1.165) is 12.8 Å². The van der Waals surface area contributed by atoms with Crippen LogP contribution in [0.5, 0.6) is 0 Å². The fourth-order valence-corrected chi connectivity index (χ4v) is 1.41. The minimum absolute atomic E-state index is 0.264. The van der Waals surface area contributed by atoms with Crippen molar-refractivity contribution in [3.05, 3.63) is 24.3 Å². The molecule has 0 saturated carbocycles. The average molecular weight is 254 g/mol. The zero-order valence-electron chi connectivity index (χ0n) is 11.1. The Labute approximate surface area is 108 Å². The molecule has 102 valence electrons. The first-order valence-corrected chi connectivity index (χ1v) is 6.24. The highest BCUT2D eigenvalue weighted by atomic mass is 16.5. The van der Waals surface area contributed by atoms with E-state index in [4.69, 9.17) is 5.11 Å². The summed E-state index contributed by atoms with van der Waals surface area (Å²) >= 11 is 0. The predicted molar refractivity (Wildman–Crippen MR) is 70.2 cm³/mol. The van der Waals surface area contributed by atoms with Gasteiger partial charge in [-0.25, -0.2) is 0 Å². The van der Waals surface area contributed by atoms with E-state index in [1.165, 1.54) is 7.11 Å². The monoisotopic (exact) mass is 254 g/mol. The van der Waals surface area contributed by atoms with Gasteiger partial charge in [-0.3, -0.25) is 9.59 Å². The number of allylic oxidation sites excluding steroid dienone is 3. The Bertz CT molecular complexity index is 305. The summed E-state index contributed by atoms with van der Waals surface area (Å²) < 4.78 is 4.50. The highest BCUT2D eigenvalue weighted by Gasteiger charge is 2.13. The number of hydrogen-bond donors (Lipinski definition) is 1. The van der Waals surface area contributed by atoms with Gasteiger partial charge in [0.15, 0.2) is 0 Å². The van der Waals surface area contributed by atoms with Crippen molar-refractivity contribution in [2.45, 2.75) is 39.0 Å². The topological polar surface area (TPSA) is 63.6 Å². The molecule has 0 rings (SSSR count). The maximum atomic E-state index is 11.0. The van der Waals surface area contributed by atoms with Crippen LogP contribution >= 0.6 is 0 Å². The van der Waals surface area contributed by atoms with Gasteiger partial charge in [0.25, 0.3) is 0 Å². The molecule has 0 unspecified atom stereocenters. The number of carbonyl (C=O) groups is 2. The third-order valence-electron chi connectivity index (χ3n) is 2.49. The summed E-state index contributed by atoms with van der Waals surface area (Å²) in [6.07, 6.45) is 10.6. The number of rotatable bonds is 9. The van der Waals surface area contributed by atoms with E-state index in [-0.39, 0.29) is 12.4 Å². The first-order chi connectivity index (χ1) is 8.61. The Morgan fingerprint density at radius 2 is 2.06 bits per heavy atom. The lowest BCUT2D eigenvalue weighted by atomic mass is 10.0. The SMILES string of the molecule is CCC/C=C/C=C/[C@@H](CCCC(=O)OC)C(=O)O. The van der Waals surface area contributed by atoms with Gasteiger partial charge in [-0.1, -0.05) is 37.6 Å². The van der Waals surface area contributed by atoms with Crippen LogP contribution in [-0.4, -0.2) is 24.2 Å². The zero-order valence-corrected chi connectivity index (χ0v) is 11.1. The van der Waals surface area contributed by atoms with Gasteiger partial charge in [-0.05, 0) is 19.3 Å². The predicted octanol–water partition coefficient (Wildman–Crippen LogP) is 2.94. The molecule has 4 heteroatoms. The molecule has 0 aliphatic carbocycles.